The summed E-state index contributed by atoms with van der Waals surface area (Å²) in [5.74, 6) is 1.12. The van der Waals surface area contributed by atoms with Gasteiger partial charge in [-0.2, -0.15) is 5.10 Å². The number of aromatic nitrogens is 5. The van der Waals surface area contributed by atoms with Crippen LogP contribution in [0.1, 0.15) is 34.3 Å². The van der Waals surface area contributed by atoms with E-state index < -0.39 is 11.3 Å². The first-order valence-electron chi connectivity index (χ1n) is 8.49. The highest BCUT2D eigenvalue weighted by molar-refractivity contribution is 5.91. The first-order valence-corrected chi connectivity index (χ1v) is 8.49. The fourth-order valence-electron chi connectivity index (χ4n) is 3.12. The maximum atomic E-state index is 12.5. The van der Waals surface area contributed by atoms with Gasteiger partial charge in [-0.1, -0.05) is 18.2 Å². The molecular weight excluding hydrogens is 332 g/mol. The van der Waals surface area contributed by atoms with E-state index in [0.717, 1.165) is 30.9 Å². The molecule has 0 aliphatic carbocycles. The van der Waals surface area contributed by atoms with E-state index in [-0.39, 0.29) is 12.2 Å². The predicted molar refractivity (Wildman–Crippen MR) is 94.1 cm³/mol. The molecule has 0 unspecified atom stereocenters. The fourth-order valence-corrected chi connectivity index (χ4v) is 3.12. The Balaban J connectivity index is 1.58. The van der Waals surface area contributed by atoms with Crippen molar-refractivity contribution < 1.29 is 4.79 Å². The Hall–Kier alpha value is -3.29. The van der Waals surface area contributed by atoms with Crippen LogP contribution >= 0.6 is 0 Å². The second-order valence-electron chi connectivity index (χ2n) is 6.22. The summed E-state index contributed by atoms with van der Waals surface area (Å²) < 4.78 is 3.59. The molecule has 26 heavy (non-hydrogen) atoms. The molecule has 3 heterocycles. The summed E-state index contributed by atoms with van der Waals surface area (Å²) >= 11 is 0. The van der Waals surface area contributed by atoms with Gasteiger partial charge in [-0.15, -0.1) is 10.2 Å². The lowest BCUT2D eigenvalue weighted by molar-refractivity contribution is 0.0941. The molecule has 1 aliphatic rings. The van der Waals surface area contributed by atoms with Crippen molar-refractivity contribution in [1.29, 1.82) is 0 Å². The van der Waals surface area contributed by atoms with Gasteiger partial charge in [0, 0.05) is 24.7 Å². The van der Waals surface area contributed by atoms with Crippen molar-refractivity contribution in [3.8, 4) is 5.69 Å². The van der Waals surface area contributed by atoms with Crippen LogP contribution in [0.3, 0.4) is 0 Å². The summed E-state index contributed by atoms with van der Waals surface area (Å²) in [5, 5.41) is 15.2. The number of rotatable bonds is 4. The average molecular weight is 350 g/mol. The normalized spacial score (nSPS) is 12.8. The lowest BCUT2D eigenvalue weighted by Crippen LogP contribution is -2.32. The van der Waals surface area contributed by atoms with Gasteiger partial charge in [0.05, 0.1) is 12.2 Å². The van der Waals surface area contributed by atoms with E-state index in [9.17, 15) is 9.59 Å². The van der Waals surface area contributed by atoms with Crippen LogP contribution in [0.25, 0.3) is 5.69 Å². The highest BCUT2D eigenvalue weighted by Crippen LogP contribution is 2.13. The standard InChI is InChI=1S/C18H18N6O2/c1-12-10-14(25)17(22-24(12)13-6-3-2-4-7-13)18(26)19-11-16-21-20-15-8-5-9-23(15)16/h2-4,6-7,10H,5,8-9,11H2,1H3,(H,19,26). The zero-order chi connectivity index (χ0) is 18.1. The van der Waals surface area contributed by atoms with Crippen LogP contribution in [0.2, 0.25) is 0 Å². The van der Waals surface area contributed by atoms with Crippen LogP contribution in [-0.4, -0.2) is 30.5 Å². The Morgan fingerprint density at radius 2 is 2.04 bits per heavy atom. The van der Waals surface area contributed by atoms with Crippen LogP contribution in [-0.2, 0) is 19.5 Å². The number of fused-ring (bicyclic) bond motifs is 1. The number of carbonyl (C=O) groups excluding carboxylic acids is 1. The van der Waals surface area contributed by atoms with E-state index in [1.807, 2.05) is 34.9 Å². The summed E-state index contributed by atoms with van der Waals surface area (Å²) in [6.07, 6.45) is 1.94. The average Bonchev–Trinajstić information content (AvgIpc) is 3.24. The summed E-state index contributed by atoms with van der Waals surface area (Å²) in [5.41, 5.74) is 0.904. The molecule has 0 saturated carbocycles. The molecule has 2 aromatic heterocycles. The topological polar surface area (TPSA) is 94.7 Å². The van der Waals surface area contributed by atoms with Crippen LogP contribution in [0.4, 0.5) is 0 Å². The van der Waals surface area contributed by atoms with Crippen molar-refractivity contribution in [3.05, 3.63) is 69.7 Å². The molecule has 3 aromatic rings. The summed E-state index contributed by atoms with van der Waals surface area (Å²) in [6.45, 7) is 2.85. The maximum absolute atomic E-state index is 12.5. The number of hydrogen-bond acceptors (Lipinski definition) is 5. The van der Waals surface area contributed by atoms with Crippen molar-refractivity contribution in [3.63, 3.8) is 0 Å². The van der Waals surface area contributed by atoms with E-state index >= 15 is 0 Å². The molecule has 1 amide bonds. The number of amides is 1. The first kappa shape index (κ1) is 16.2. The number of hydrogen-bond donors (Lipinski definition) is 1. The van der Waals surface area contributed by atoms with Gasteiger partial charge in [0.2, 0.25) is 5.43 Å². The number of benzene rings is 1. The Labute approximate surface area is 149 Å². The largest absolute Gasteiger partial charge is 0.343 e. The number of nitrogens with zero attached hydrogens (tertiary/aromatic N) is 5. The van der Waals surface area contributed by atoms with Crippen molar-refractivity contribution in [1.82, 2.24) is 29.9 Å². The van der Waals surface area contributed by atoms with Gasteiger partial charge >= 0.3 is 0 Å². The van der Waals surface area contributed by atoms with Gasteiger partial charge in [0.25, 0.3) is 5.91 Å². The van der Waals surface area contributed by atoms with E-state index in [1.54, 1.807) is 11.6 Å². The van der Waals surface area contributed by atoms with Gasteiger partial charge in [0.1, 0.15) is 5.82 Å². The molecule has 8 nitrogen and oxygen atoms in total. The van der Waals surface area contributed by atoms with E-state index in [2.05, 4.69) is 20.6 Å². The van der Waals surface area contributed by atoms with Crippen LogP contribution < -0.4 is 10.7 Å². The fraction of sp³-hybridized carbons (Fsp3) is 0.278. The quantitative estimate of drug-likeness (QED) is 0.758. The zero-order valence-corrected chi connectivity index (χ0v) is 14.3. The monoisotopic (exact) mass is 350 g/mol. The molecule has 0 bridgehead atoms. The van der Waals surface area contributed by atoms with Gasteiger partial charge in [-0.05, 0) is 25.5 Å². The SMILES string of the molecule is Cc1cc(=O)c(C(=O)NCc2nnc3n2CCC3)nn1-c1ccccc1. The number of para-hydroxylation sites is 1. The third-order valence-corrected chi connectivity index (χ3v) is 4.42. The van der Waals surface area contributed by atoms with Crippen LogP contribution in [0, 0.1) is 6.92 Å². The second kappa shape index (κ2) is 6.55. The molecule has 1 N–H and O–H groups in total. The minimum Gasteiger partial charge on any atom is -0.343 e. The summed E-state index contributed by atoms with van der Waals surface area (Å²) in [7, 11) is 0. The van der Waals surface area contributed by atoms with E-state index in [1.165, 1.54) is 6.07 Å². The van der Waals surface area contributed by atoms with Crippen molar-refractivity contribution in [2.24, 2.45) is 0 Å². The minimum absolute atomic E-state index is 0.138. The molecule has 0 saturated heterocycles. The Bertz CT molecular complexity index is 1020. The summed E-state index contributed by atoms with van der Waals surface area (Å²) in [4.78, 5) is 24.8. The van der Waals surface area contributed by atoms with Gasteiger partial charge in [-0.25, -0.2) is 4.68 Å². The van der Waals surface area contributed by atoms with Crippen LogP contribution in [0.5, 0.6) is 0 Å². The Kier molecular flexibility index (Phi) is 4.08. The molecule has 1 aliphatic heterocycles. The van der Waals surface area contributed by atoms with Gasteiger partial charge in [-0.3, -0.25) is 9.59 Å². The van der Waals surface area contributed by atoms with Crippen molar-refractivity contribution in [2.75, 3.05) is 0 Å². The molecule has 0 spiro atoms. The van der Waals surface area contributed by atoms with E-state index in [4.69, 9.17) is 0 Å². The number of aryl methyl sites for hydroxylation is 2. The van der Waals surface area contributed by atoms with Crippen molar-refractivity contribution >= 4 is 5.91 Å². The van der Waals surface area contributed by atoms with Crippen molar-refractivity contribution in [2.45, 2.75) is 32.9 Å². The lowest BCUT2D eigenvalue weighted by Gasteiger charge is -2.11. The molecule has 1 aromatic carbocycles. The smallest absolute Gasteiger partial charge is 0.276 e. The van der Waals surface area contributed by atoms with E-state index in [0.29, 0.717) is 11.5 Å². The highest BCUT2D eigenvalue weighted by atomic mass is 16.2. The lowest BCUT2D eigenvalue weighted by atomic mass is 10.2. The molecule has 8 heteroatoms. The van der Waals surface area contributed by atoms with Gasteiger partial charge < -0.3 is 9.88 Å². The highest BCUT2D eigenvalue weighted by Gasteiger charge is 2.19. The Morgan fingerprint density at radius 1 is 1.23 bits per heavy atom. The number of nitrogens with one attached hydrogen (secondary N) is 1. The zero-order valence-electron chi connectivity index (χ0n) is 14.3. The van der Waals surface area contributed by atoms with Crippen LogP contribution in [0.15, 0.2) is 41.2 Å². The molecular formula is C18H18N6O2. The maximum Gasteiger partial charge on any atom is 0.276 e. The molecule has 0 radical (unpaired) electrons. The second-order valence-corrected chi connectivity index (χ2v) is 6.22. The molecule has 4 rings (SSSR count). The predicted octanol–water partition coefficient (Wildman–Crippen LogP) is 1.01. The molecule has 0 fully saturated rings. The Morgan fingerprint density at radius 3 is 2.85 bits per heavy atom. The third-order valence-electron chi connectivity index (χ3n) is 4.42. The minimum atomic E-state index is -0.518. The third kappa shape index (κ3) is 2.90. The first-order chi connectivity index (χ1) is 12.6. The van der Waals surface area contributed by atoms with Gasteiger partial charge in [0.15, 0.2) is 11.5 Å². The molecule has 132 valence electrons. The molecule has 0 atom stereocenters. The number of carbonyl (C=O) groups is 1. The summed E-state index contributed by atoms with van der Waals surface area (Å²) in [6, 6.07) is 10.8.